The Morgan fingerprint density at radius 2 is 1.86 bits per heavy atom. The predicted octanol–water partition coefficient (Wildman–Crippen LogP) is 3.27. The minimum absolute atomic E-state index is 0.704. The van der Waals surface area contributed by atoms with Crippen LogP contribution in [0.5, 0.6) is 0 Å². The lowest BCUT2D eigenvalue weighted by Gasteiger charge is -1.92. The first-order valence-corrected chi connectivity index (χ1v) is 5.09. The van der Waals surface area contributed by atoms with Gasteiger partial charge in [-0.3, -0.25) is 0 Å². The Balaban J connectivity index is 3.25. The first kappa shape index (κ1) is 12.7. The van der Waals surface area contributed by atoms with Gasteiger partial charge in [-0.1, -0.05) is 30.6 Å². The molecule has 14 heavy (non-hydrogen) atoms. The molecule has 0 amide bonds. The van der Waals surface area contributed by atoms with Gasteiger partial charge in [0.2, 0.25) is 0 Å². The Morgan fingerprint density at radius 1 is 1.07 bits per heavy atom. The largest absolute Gasteiger partial charge is 0.303 e. The van der Waals surface area contributed by atoms with Crippen molar-refractivity contribution in [2.75, 3.05) is 0 Å². The number of hydrogen-bond donors (Lipinski definition) is 0. The summed E-state index contributed by atoms with van der Waals surface area (Å²) in [7, 11) is 0. The van der Waals surface area contributed by atoms with Crippen molar-refractivity contribution in [3.8, 4) is 11.8 Å². The van der Waals surface area contributed by atoms with Crippen LogP contribution in [0.15, 0.2) is 24.3 Å². The van der Waals surface area contributed by atoms with Crippen LogP contribution in [0, 0.1) is 11.8 Å². The molecule has 0 radical (unpaired) electrons. The quantitative estimate of drug-likeness (QED) is 0.260. The second-order valence-electron chi connectivity index (χ2n) is 2.99. The number of aldehydes is 1. The molecule has 76 valence electrons. The van der Waals surface area contributed by atoms with E-state index in [2.05, 4.69) is 17.9 Å². The Kier molecular flexibility index (Phi) is 10.6. The molecule has 0 saturated heterocycles. The van der Waals surface area contributed by atoms with Gasteiger partial charge >= 0.3 is 0 Å². The zero-order chi connectivity index (χ0) is 10.5. The van der Waals surface area contributed by atoms with Crippen molar-refractivity contribution in [1.82, 2.24) is 0 Å². The van der Waals surface area contributed by atoms with Crippen LogP contribution >= 0.6 is 0 Å². The molecule has 0 bridgehead atoms. The summed E-state index contributed by atoms with van der Waals surface area (Å²) in [5, 5.41) is 0. The fourth-order valence-electron chi connectivity index (χ4n) is 1.03. The van der Waals surface area contributed by atoms with E-state index >= 15 is 0 Å². The Hall–Kier alpha value is -1.29. The first-order chi connectivity index (χ1) is 6.91. The van der Waals surface area contributed by atoms with Gasteiger partial charge < -0.3 is 4.79 Å². The van der Waals surface area contributed by atoms with Crippen LogP contribution in [-0.2, 0) is 4.79 Å². The molecular weight excluding hydrogens is 172 g/mol. The summed E-state index contributed by atoms with van der Waals surface area (Å²) in [6.45, 7) is 1.82. The van der Waals surface area contributed by atoms with Gasteiger partial charge in [0.05, 0.1) is 0 Å². The maximum Gasteiger partial charge on any atom is 0.119 e. The van der Waals surface area contributed by atoms with E-state index in [9.17, 15) is 4.79 Å². The summed E-state index contributed by atoms with van der Waals surface area (Å²) in [6, 6.07) is 0. The SMILES string of the molecule is CC#C/C=C\C=C/CCCCCC=O. The lowest BCUT2D eigenvalue weighted by Crippen LogP contribution is -1.77. The topological polar surface area (TPSA) is 17.1 Å². The van der Waals surface area contributed by atoms with E-state index in [-0.39, 0.29) is 0 Å². The molecule has 0 saturated carbocycles. The van der Waals surface area contributed by atoms with Crippen molar-refractivity contribution in [2.24, 2.45) is 0 Å². The molecule has 0 unspecified atom stereocenters. The van der Waals surface area contributed by atoms with E-state index in [1.807, 2.05) is 25.2 Å². The van der Waals surface area contributed by atoms with Gasteiger partial charge in [0.1, 0.15) is 6.29 Å². The molecule has 0 aromatic heterocycles. The zero-order valence-electron chi connectivity index (χ0n) is 8.83. The van der Waals surface area contributed by atoms with E-state index in [1.54, 1.807) is 0 Å². The van der Waals surface area contributed by atoms with Gasteiger partial charge in [0, 0.05) is 6.42 Å². The molecule has 0 rings (SSSR count). The minimum Gasteiger partial charge on any atom is -0.303 e. The number of allylic oxidation sites excluding steroid dienone is 4. The highest BCUT2D eigenvalue weighted by Crippen LogP contribution is 2.02. The van der Waals surface area contributed by atoms with E-state index < -0.39 is 0 Å². The third kappa shape index (κ3) is 10.7. The molecule has 0 spiro atoms. The van der Waals surface area contributed by atoms with E-state index in [0.717, 1.165) is 32.0 Å². The van der Waals surface area contributed by atoms with Crippen LogP contribution in [0.3, 0.4) is 0 Å². The van der Waals surface area contributed by atoms with Crippen molar-refractivity contribution >= 4 is 6.29 Å². The van der Waals surface area contributed by atoms with E-state index in [0.29, 0.717) is 6.42 Å². The number of hydrogen-bond acceptors (Lipinski definition) is 1. The highest BCUT2D eigenvalue weighted by Gasteiger charge is 1.85. The van der Waals surface area contributed by atoms with E-state index in [1.165, 1.54) is 0 Å². The fraction of sp³-hybridized carbons (Fsp3) is 0.462. The average Bonchev–Trinajstić information content (AvgIpc) is 2.21. The summed E-state index contributed by atoms with van der Waals surface area (Å²) in [6.07, 6.45) is 14.0. The Labute approximate surface area is 86.9 Å². The lowest BCUT2D eigenvalue weighted by molar-refractivity contribution is -0.107. The van der Waals surface area contributed by atoms with Gasteiger partial charge in [-0.15, -0.1) is 5.92 Å². The molecule has 0 atom stereocenters. The van der Waals surface area contributed by atoms with Crippen LogP contribution in [0.1, 0.15) is 39.0 Å². The normalized spacial score (nSPS) is 10.4. The average molecular weight is 190 g/mol. The highest BCUT2D eigenvalue weighted by molar-refractivity contribution is 5.48. The molecule has 0 aliphatic rings. The maximum absolute atomic E-state index is 10.0. The van der Waals surface area contributed by atoms with Crippen LogP contribution in [-0.4, -0.2) is 6.29 Å². The lowest BCUT2D eigenvalue weighted by atomic mass is 10.1. The van der Waals surface area contributed by atoms with E-state index in [4.69, 9.17) is 0 Å². The maximum atomic E-state index is 10.0. The standard InChI is InChI=1S/C13H18O/c1-2-3-4-5-6-7-8-9-10-11-12-13-14/h4-7,13H,8-12H2,1H3/b5-4-,7-6-. The predicted molar refractivity (Wildman–Crippen MR) is 60.9 cm³/mol. The molecular formula is C13H18O. The second-order valence-corrected chi connectivity index (χ2v) is 2.99. The molecule has 1 heteroatoms. The van der Waals surface area contributed by atoms with Gasteiger partial charge in [-0.2, -0.15) is 0 Å². The summed E-state index contributed by atoms with van der Waals surface area (Å²) in [5.74, 6) is 5.64. The van der Waals surface area contributed by atoms with Crippen molar-refractivity contribution in [1.29, 1.82) is 0 Å². The summed E-state index contributed by atoms with van der Waals surface area (Å²) >= 11 is 0. The van der Waals surface area contributed by atoms with Crippen LogP contribution in [0.25, 0.3) is 0 Å². The number of rotatable bonds is 7. The Bertz CT molecular complexity index is 238. The monoisotopic (exact) mass is 190 g/mol. The van der Waals surface area contributed by atoms with Crippen LogP contribution < -0.4 is 0 Å². The van der Waals surface area contributed by atoms with Crippen molar-refractivity contribution < 1.29 is 4.79 Å². The van der Waals surface area contributed by atoms with Crippen molar-refractivity contribution in [2.45, 2.75) is 39.0 Å². The summed E-state index contributed by atoms with van der Waals surface area (Å²) in [5.41, 5.74) is 0. The smallest absolute Gasteiger partial charge is 0.119 e. The second kappa shape index (κ2) is 11.7. The molecule has 0 aromatic rings. The number of carbonyl (C=O) groups is 1. The molecule has 0 aliphatic heterocycles. The highest BCUT2D eigenvalue weighted by atomic mass is 16.1. The van der Waals surface area contributed by atoms with Gasteiger partial charge in [0.15, 0.2) is 0 Å². The van der Waals surface area contributed by atoms with Crippen LogP contribution in [0.4, 0.5) is 0 Å². The molecule has 0 aliphatic carbocycles. The third-order valence-corrected chi connectivity index (χ3v) is 1.76. The van der Waals surface area contributed by atoms with Crippen LogP contribution in [0.2, 0.25) is 0 Å². The number of carbonyl (C=O) groups excluding carboxylic acids is 1. The zero-order valence-corrected chi connectivity index (χ0v) is 8.83. The van der Waals surface area contributed by atoms with Crippen molar-refractivity contribution in [3.05, 3.63) is 24.3 Å². The first-order valence-electron chi connectivity index (χ1n) is 5.09. The third-order valence-electron chi connectivity index (χ3n) is 1.76. The number of unbranched alkanes of at least 4 members (excludes halogenated alkanes) is 4. The van der Waals surface area contributed by atoms with Gasteiger partial charge in [0.25, 0.3) is 0 Å². The fourth-order valence-corrected chi connectivity index (χ4v) is 1.03. The van der Waals surface area contributed by atoms with Crippen molar-refractivity contribution in [3.63, 3.8) is 0 Å². The molecule has 0 fully saturated rings. The summed E-state index contributed by atoms with van der Waals surface area (Å²) in [4.78, 5) is 10.0. The summed E-state index contributed by atoms with van der Waals surface area (Å²) < 4.78 is 0. The molecule has 0 N–H and O–H groups in total. The van der Waals surface area contributed by atoms with Gasteiger partial charge in [-0.25, -0.2) is 0 Å². The minimum atomic E-state index is 0.704. The molecule has 0 heterocycles. The van der Waals surface area contributed by atoms with Gasteiger partial charge in [-0.05, 0) is 32.3 Å². The Morgan fingerprint density at radius 3 is 2.57 bits per heavy atom. The molecule has 0 aromatic carbocycles. The molecule has 1 nitrogen and oxygen atoms in total.